The fraction of sp³-hybridized carbons (Fsp3) is 0.111. The van der Waals surface area contributed by atoms with E-state index >= 15 is 0 Å². The Balaban J connectivity index is 1.03. The van der Waals surface area contributed by atoms with Crippen molar-refractivity contribution >= 4 is 55.5 Å². The van der Waals surface area contributed by atoms with Gasteiger partial charge >= 0.3 is 0 Å². The molecule has 2 unspecified atom stereocenters. The van der Waals surface area contributed by atoms with E-state index in [4.69, 9.17) is 4.74 Å². The number of ether oxygens (including phenoxy) is 1. The Kier molecular flexibility index (Phi) is 7.28. The molecule has 0 fully saturated rings. The van der Waals surface area contributed by atoms with E-state index in [9.17, 15) is 0 Å². The smallest absolute Gasteiger partial charge is 0.133 e. The summed E-state index contributed by atoms with van der Waals surface area (Å²) in [5.74, 6) is 2.00. The molecule has 11 rings (SSSR count). The highest BCUT2D eigenvalue weighted by Crippen LogP contribution is 2.51. The number of allylic oxidation sites excluding steroid dienone is 3. The minimum Gasteiger partial charge on any atom is -0.460 e. The first-order chi connectivity index (χ1) is 27.5. The monoisotopic (exact) mass is 719 g/mol. The zero-order valence-electron chi connectivity index (χ0n) is 31.7. The molecule has 0 saturated heterocycles. The van der Waals surface area contributed by atoms with Crippen LogP contribution in [0.4, 0.5) is 11.4 Å². The lowest BCUT2D eigenvalue weighted by Crippen LogP contribution is -2.38. The topological polar surface area (TPSA) is 12.5 Å². The fourth-order valence-electron chi connectivity index (χ4n) is 9.56. The highest BCUT2D eigenvalue weighted by molar-refractivity contribution is 6.23. The lowest BCUT2D eigenvalue weighted by Gasteiger charge is -2.33. The van der Waals surface area contributed by atoms with E-state index in [-0.39, 0.29) is 10.8 Å². The standard InChI is InChI=1S/C54H41NO/c1-53(40-14-4-3-5-15-40)31-29-42(30-32-53)55(43-26-27-49-50(35-43)56-52-45-17-9-7-13-37(45)28-33-54(49,52)2)41-24-22-38(23-25-41)48-34-39-21-20-36-12-6-8-16-44(36)51(39)47-19-11-10-18-46(47)48/h3-31,34-35H,32-33H2,1-2H3. The van der Waals surface area contributed by atoms with Gasteiger partial charge in [0.25, 0.3) is 0 Å². The molecule has 8 aromatic rings. The average molecular weight is 720 g/mol. The molecule has 0 amide bonds. The van der Waals surface area contributed by atoms with Gasteiger partial charge in [0, 0.05) is 39.3 Å². The Labute approximate surface area is 327 Å². The summed E-state index contributed by atoms with van der Waals surface area (Å²) in [5, 5.41) is 10.1. The molecular formula is C54H41NO. The number of nitrogens with zero attached hydrogens (tertiary/aromatic N) is 1. The third-order valence-electron chi connectivity index (χ3n) is 12.7. The molecule has 0 spiro atoms. The van der Waals surface area contributed by atoms with Gasteiger partial charge in [-0.25, -0.2) is 0 Å². The minimum atomic E-state index is -0.189. The number of hydrogen-bond donors (Lipinski definition) is 0. The molecule has 2 atom stereocenters. The molecule has 0 N–H and O–H groups in total. The molecule has 3 aliphatic rings. The van der Waals surface area contributed by atoms with Gasteiger partial charge in [-0.3, -0.25) is 0 Å². The second kappa shape index (κ2) is 12.4. The Hall–Kier alpha value is -6.64. The van der Waals surface area contributed by atoms with Gasteiger partial charge in [-0.2, -0.15) is 0 Å². The van der Waals surface area contributed by atoms with Crippen LogP contribution >= 0.6 is 0 Å². The van der Waals surface area contributed by atoms with Crippen LogP contribution in [0, 0.1) is 0 Å². The molecule has 1 heterocycles. The first-order valence-corrected chi connectivity index (χ1v) is 19.8. The second-order valence-corrected chi connectivity index (χ2v) is 16.1. The Morgan fingerprint density at radius 1 is 0.571 bits per heavy atom. The molecule has 8 aromatic carbocycles. The number of fused-ring (bicyclic) bond motifs is 9. The molecule has 56 heavy (non-hydrogen) atoms. The lowest BCUT2D eigenvalue weighted by molar-refractivity contribution is 0.471. The van der Waals surface area contributed by atoms with Crippen LogP contribution in [0.3, 0.4) is 0 Å². The maximum Gasteiger partial charge on any atom is 0.133 e. The normalized spacial score (nSPS) is 19.5. The van der Waals surface area contributed by atoms with Gasteiger partial charge in [0.15, 0.2) is 0 Å². The van der Waals surface area contributed by atoms with Gasteiger partial charge < -0.3 is 9.64 Å². The third kappa shape index (κ3) is 5.02. The third-order valence-corrected chi connectivity index (χ3v) is 12.7. The molecule has 0 radical (unpaired) electrons. The van der Waals surface area contributed by atoms with E-state index in [1.165, 1.54) is 65.0 Å². The summed E-state index contributed by atoms with van der Waals surface area (Å²) in [4.78, 5) is 2.40. The maximum absolute atomic E-state index is 6.86. The SMILES string of the molecule is CC1(c2ccccc2)C=CC(N(c2ccc(-c3cc4ccc5ccccc5c4c4ccccc34)cc2)c2ccc3c(c2)OC2=c4ccccc4=CCC23C)=CC1. The molecule has 2 nitrogen and oxygen atoms in total. The van der Waals surface area contributed by atoms with Crippen molar-refractivity contribution in [2.75, 3.05) is 4.90 Å². The van der Waals surface area contributed by atoms with Gasteiger partial charge in [0.05, 0.1) is 5.41 Å². The second-order valence-electron chi connectivity index (χ2n) is 16.1. The van der Waals surface area contributed by atoms with Gasteiger partial charge in [0.1, 0.15) is 11.5 Å². The van der Waals surface area contributed by atoms with Gasteiger partial charge in [-0.05, 0) is 104 Å². The van der Waals surface area contributed by atoms with Gasteiger partial charge in [0.2, 0.25) is 0 Å². The average Bonchev–Trinajstić information content (AvgIpc) is 3.56. The molecule has 0 saturated carbocycles. The van der Waals surface area contributed by atoms with Crippen molar-refractivity contribution in [1.82, 2.24) is 0 Å². The summed E-state index contributed by atoms with van der Waals surface area (Å²) >= 11 is 0. The highest BCUT2D eigenvalue weighted by atomic mass is 16.5. The van der Waals surface area contributed by atoms with E-state index in [0.29, 0.717) is 0 Å². The van der Waals surface area contributed by atoms with E-state index in [0.717, 1.165) is 41.4 Å². The van der Waals surface area contributed by atoms with Crippen molar-refractivity contribution in [3.05, 3.63) is 209 Å². The molecule has 0 bridgehead atoms. The summed E-state index contributed by atoms with van der Waals surface area (Å²) in [6.45, 7) is 4.66. The van der Waals surface area contributed by atoms with Crippen molar-refractivity contribution in [1.29, 1.82) is 0 Å². The fourth-order valence-corrected chi connectivity index (χ4v) is 9.56. The summed E-state index contributed by atoms with van der Waals surface area (Å²) in [6.07, 6.45) is 11.3. The number of benzene rings is 8. The van der Waals surface area contributed by atoms with Crippen molar-refractivity contribution in [3.63, 3.8) is 0 Å². The zero-order valence-corrected chi connectivity index (χ0v) is 31.7. The van der Waals surface area contributed by atoms with Gasteiger partial charge in [-0.1, -0.05) is 159 Å². The van der Waals surface area contributed by atoms with Crippen LogP contribution in [0.15, 0.2) is 188 Å². The quantitative estimate of drug-likeness (QED) is 0.164. The van der Waals surface area contributed by atoms with Crippen molar-refractivity contribution in [3.8, 4) is 16.9 Å². The molecule has 2 heteroatoms. The van der Waals surface area contributed by atoms with E-state index in [2.05, 4.69) is 207 Å². The molecule has 1 aliphatic heterocycles. The van der Waals surface area contributed by atoms with Crippen LogP contribution in [0.2, 0.25) is 0 Å². The Morgan fingerprint density at radius 2 is 1.29 bits per heavy atom. The van der Waals surface area contributed by atoms with E-state index in [1.54, 1.807) is 0 Å². The number of rotatable bonds is 5. The van der Waals surface area contributed by atoms with Crippen molar-refractivity contribution in [2.45, 2.75) is 37.5 Å². The lowest BCUT2D eigenvalue weighted by atomic mass is 9.76. The number of anilines is 2. The molecule has 268 valence electrons. The molecular weight excluding hydrogens is 679 g/mol. The summed E-state index contributed by atoms with van der Waals surface area (Å²) in [6, 6.07) is 59.9. The van der Waals surface area contributed by atoms with E-state index in [1.807, 2.05) is 0 Å². The Morgan fingerprint density at radius 3 is 2.11 bits per heavy atom. The largest absolute Gasteiger partial charge is 0.460 e. The minimum absolute atomic E-state index is 0.0748. The predicted molar refractivity (Wildman–Crippen MR) is 235 cm³/mol. The first kappa shape index (κ1) is 32.8. The van der Waals surface area contributed by atoms with Crippen LogP contribution in [0.25, 0.3) is 55.3 Å². The van der Waals surface area contributed by atoms with Crippen LogP contribution in [0.5, 0.6) is 5.75 Å². The van der Waals surface area contributed by atoms with Crippen LogP contribution in [0.1, 0.15) is 37.8 Å². The summed E-state index contributed by atoms with van der Waals surface area (Å²) < 4.78 is 6.86. The first-order valence-electron chi connectivity index (χ1n) is 19.8. The van der Waals surface area contributed by atoms with Crippen LogP contribution in [-0.2, 0) is 10.8 Å². The van der Waals surface area contributed by atoms with Crippen molar-refractivity contribution < 1.29 is 4.74 Å². The van der Waals surface area contributed by atoms with Crippen molar-refractivity contribution in [2.24, 2.45) is 0 Å². The van der Waals surface area contributed by atoms with Gasteiger partial charge in [-0.15, -0.1) is 0 Å². The highest BCUT2D eigenvalue weighted by Gasteiger charge is 2.43. The predicted octanol–water partition coefficient (Wildman–Crippen LogP) is 12.4. The van der Waals surface area contributed by atoms with E-state index < -0.39 is 0 Å². The molecule has 2 aliphatic carbocycles. The Bertz CT molecular complexity index is 3080. The zero-order chi connectivity index (χ0) is 37.4. The number of hydrogen-bond acceptors (Lipinski definition) is 2. The molecule has 0 aromatic heterocycles. The maximum atomic E-state index is 6.86. The van der Waals surface area contributed by atoms with Crippen LogP contribution in [-0.4, -0.2) is 0 Å². The van der Waals surface area contributed by atoms with Crippen LogP contribution < -0.4 is 20.1 Å². The summed E-state index contributed by atoms with van der Waals surface area (Å²) in [7, 11) is 0. The summed E-state index contributed by atoms with van der Waals surface area (Å²) in [5.41, 5.74) is 8.10.